The Morgan fingerprint density at radius 1 is 1.25 bits per heavy atom. The molecule has 0 saturated heterocycles. The minimum atomic E-state index is -0.566. The predicted octanol–water partition coefficient (Wildman–Crippen LogP) is 3.73. The number of amides is 1. The lowest BCUT2D eigenvalue weighted by Gasteiger charge is -2.30. The SMILES string of the molecule is CC(c1ccc(-c2ccc(C(=O)NC3CCC3)c(F)c2)nc1)N1CCOc2nc([N+](=O)[O-])cn2CC1. The molecule has 188 valence electrons. The molecule has 1 fully saturated rings. The number of halogens is 1. The van der Waals surface area contributed by atoms with Gasteiger partial charge in [0.05, 0.1) is 11.3 Å². The van der Waals surface area contributed by atoms with Gasteiger partial charge in [-0.15, -0.1) is 0 Å². The number of pyridine rings is 1. The number of hydrogen-bond donors (Lipinski definition) is 1. The van der Waals surface area contributed by atoms with Gasteiger partial charge in [0, 0.05) is 48.5 Å². The molecule has 0 spiro atoms. The van der Waals surface area contributed by atoms with Crippen LogP contribution in [0.15, 0.2) is 42.7 Å². The maximum absolute atomic E-state index is 14.7. The number of nitrogens with zero attached hydrogens (tertiary/aromatic N) is 5. The van der Waals surface area contributed by atoms with Gasteiger partial charge in [0.1, 0.15) is 18.6 Å². The summed E-state index contributed by atoms with van der Waals surface area (Å²) in [6.07, 6.45) is 6.13. The molecular formula is C25H27FN6O4. The van der Waals surface area contributed by atoms with Gasteiger partial charge in [-0.1, -0.05) is 12.1 Å². The summed E-state index contributed by atoms with van der Waals surface area (Å²) in [4.78, 5) is 33.5. The first-order chi connectivity index (χ1) is 17.4. The van der Waals surface area contributed by atoms with E-state index in [9.17, 15) is 19.3 Å². The first-order valence-corrected chi connectivity index (χ1v) is 12.0. The van der Waals surface area contributed by atoms with Gasteiger partial charge in [-0.05, 0) is 54.9 Å². The van der Waals surface area contributed by atoms with E-state index < -0.39 is 10.7 Å². The van der Waals surface area contributed by atoms with Crippen LogP contribution in [0.1, 0.15) is 48.1 Å². The van der Waals surface area contributed by atoms with Gasteiger partial charge < -0.3 is 20.2 Å². The van der Waals surface area contributed by atoms with Gasteiger partial charge in [-0.2, -0.15) is 0 Å². The average Bonchev–Trinajstić information content (AvgIpc) is 3.23. The van der Waals surface area contributed by atoms with Crippen molar-refractivity contribution in [3.8, 4) is 17.3 Å². The molecule has 1 N–H and O–H groups in total. The standard InChI is InChI=1S/C25H27FN6O4/c1-16(30-9-10-31-15-23(32(34)35)29-25(31)36-12-11-30)18-6-8-22(27-14-18)17-5-7-20(21(26)13-17)24(33)28-19-3-2-4-19/h5-8,13-16,19H,2-4,9-12H2,1H3,(H,28,33). The molecule has 3 aromatic rings. The quantitative estimate of drug-likeness (QED) is 0.410. The Morgan fingerprint density at radius 3 is 2.75 bits per heavy atom. The van der Waals surface area contributed by atoms with Gasteiger partial charge in [0.25, 0.3) is 5.91 Å². The number of rotatable bonds is 6. The average molecular weight is 495 g/mol. The number of carbonyl (C=O) groups is 1. The third-order valence-corrected chi connectivity index (χ3v) is 6.92. The van der Waals surface area contributed by atoms with E-state index >= 15 is 0 Å². The number of hydrogen-bond acceptors (Lipinski definition) is 7. The minimum Gasteiger partial charge on any atom is -0.444 e. The van der Waals surface area contributed by atoms with Crippen molar-refractivity contribution in [2.45, 2.75) is 44.8 Å². The number of aromatic nitrogens is 3. The summed E-state index contributed by atoms with van der Waals surface area (Å²) in [7, 11) is 0. The molecule has 5 rings (SSSR count). The van der Waals surface area contributed by atoms with Crippen LogP contribution in [-0.2, 0) is 6.54 Å². The summed E-state index contributed by atoms with van der Waals surface area (Å²) in [5, 5.41) is 13.9. The molecule has 1 aromatic carbocycles. The van der Waals surface area contributed by atoms with E-state index in [1.54, 1.807) is 16.8 Å². The first kappa shape index (κ1) is 23.9. The Labute approximate surface area is 207 Å². The lowest BCUT2D eigenvalue weighted by atomic mass is 9.93. The predicted molar refractivity (Wildman–Crippen MR) is 129 cm³/mol. The van der Waals surface area contributed by atoms with E-state index in [0.717, 1.165) is 24.8 Å². The molecule has 2 aliphatic rings. The van der Waals surface area contributed by atoms with E-state index in [-0.39, 0.29) is 35.4 Å². The molecule has 1 saturated carbocycles. The van der Waals surface area contributed by atoms with Crippen LogP contribution in [0.4, 0.5) is 10.2 Å². The molecule has 10 nitrogen and oxygen atoms in total. The van der Waals surface area contributed by atoms with Crippen LogP contribution < -0.4 is 10.1 Å². The zero-order valence-corrected chi connectivity index (χ0v) is 19.9. The van der Waals surface area contributed by atoms with E-state index in [1.165, 1.54) is 18.3 Å². The van der Waals surface area contributed by atoms with Gasteiger partial charge >= 0.3 is 11.8 Å². The minimum absolute atomic E-state index is 0.0181. The largest absolute Gasteiger partial charge is 0.444 e. The molecule has 1 atom stereocenters. The van der Waals surface area contributed by atoms with Gasteiger partial charge in [-0.25, -0.2) is 4.39 Å². The Kier molecular flexibility index (Phi) is 6.64. The summed E-state index contributed by atoms with van der Waals surface area (Å²) in [5.41, 5.74) is 2.23. The van der Waals surface area contributed by atoms with Crippen molar-refractivity contribution in [1.82, 2.24) is 24.8 Å². The number of carbonyl (C=O) groups excluding carboxylic acids is 1. The highest BCUT2D eigenvalue weighted by Crippen LogP contribution is 2.26. The number of nitro groups is 1. The number of nitrogens with one attached hydrogen (secondary N) is 1. The number of imidazole rings is 1. The number of benzene rings is 1. The second-order valence-corrected chi connectivity index (χ2v) is 9.17. The Bertz CT molecular complexity index is 1270. The summed E-state index contributed by atoms with van der Waals surface area (Å²) in [6.45, 7) is 4.20. The highest BCUT2D eigenvalue weighted by Gasteiger charge is 2.25. The van der Waals surface area contributed by atoms with Crippen molar-refractivity contribution >= 4 is 11.7 Å². The first-order valence-electron chi connectivity index (χ1n) is 12.0. The van der Waals surface area contributed by atoms with E-state index in [0.29, 0.717) is 37.5 Å². The fourth-order valence-electron chi connectivity index (χ4n) is 4.45. The molecule has 0 bridgehead atoms. The highest BCUT2D eigenvalue weighted by atomic mass is 19.1. The van der Waals surface area contributed by atoms with Crippen molar-refractivity contribution < 1.29 is 18.8 Å². The van der Waals surface area contributed by atoms with Crippen molar-refractivity contribution in [2.24, 2.45) is 0 Å². The fraction of sp³-hybridized carbons (Fsp3) is 0.400. The van der Waals surface area contributed by atoms with Crippen molar-refractivity contribution in [2.75, 3.05) is 19.7 Å². The van der Waals surface area contributed by atoms with Crippen LogP contribution in [-0.4, -0.2) is 56.0 Å². The summed E-state index contributed by atoms with van der Waals surface area (Å²) < 4.78 is 22.0. The van der Waals surface area contributed by atoms with E-state index in [2.05, 4.69) is 27.1 Å². The fourth-order valence-corrected chi connectivity index (χ4v) is 4.45. The van der Waals surface area contributed by atoms with Crippen molar-refractivity contribution in [3.63, 3.8) is 0 Å². The van der Waals surface area contributed by atoms with Gasteiger partial charge in [0.2, 0.25) is 0 Å². The normalized spacial score (nSPS) is 17.2. The zero-order valence-electron chi connectivity index (χ0n) is 19.9. The molecule has 0 radical (unpaired) electrons. The van der Waals surface area contributed by atoms with Gasteiger partial charge in [-0.3, -0.25) is 19.2 Å². The van der Waals surface area contributed by atoms with Crippen LogP contribution in [0.3, 0.4) is 0 Å². The summed E-state index contributed by atoms with van der Waals surface area (Å²) in [5.74, 6) is -1.17. The molecule has 1 aliphatic carbocycles. The topological polar surface area (TPSA) is 115 Å². The smallest absolute Gasteiger partial charge is 0.414 e. The Balaban J connectivity index is 1.25. The Hall–Kier alpha value is -3.86. The number of ether oxygens (including phenoxy) is 1. The molecule has 1 unspecified atom stereocenters. The molecular weight excluding hydrogens is 467 g/mol. The third-order valence-electron chi connectivity index (χ3n) is 6.92. The lowest BCUT2D eigenvalue weighted by molar-refractivity contribution is -0.389. The molecule has 11 heteroatoms. The molecule has 36 heavy (non-hydrogen) atoms. The third kappa shape index (κ3) is 4.92. The second-order valence-electron chi connectivity index (χ2n) is 9.17. The molecule has 2 aromatic heterocycles. The van der Waals surface area contributed by atoms with Crippen molar-refractivity contribution in [3.05, 3.63) is 69.8 Å². The van der Waals surface area contributed by atoms with Crippen LogP contribution in [0.2, 0.25) is 0 Å². The summed E-state index contributed by atoms with van der Waals surface area (Å²) >= 11 is 0. The molecule has 1 aliphatic heterocycles. The van der Waals surface area contributed by atoms with Crippen molar-refractivity contribution in [1.29, 1.82) is 0 Å². The van der Waals surface area contributed by atoms with E-state index in [4.69, 9.17) is 4.74 Å². The maximum atomic E-state index is 14.7. The van der Waals surface area contributed by atoms with Crippen LogP contribution in [0.5, 0.6) is 6.01 Å². The highest BCUT2D eigenvalue weighted by molar-refractivity contribution is 5.95. The van der Waals surface area contributed by atoms with Crippen LogP contribution in [0, 0.1) is 15.9 Å². The second kappa shape index (κ2) is 10.0. The Morgan fingerprint density at radius 2 is 2.08 bits per heavy atom. The summed E-state index contributed by atoms with van der Waals surface area (Å²) in [6, 6.07) is 8.78. The molecule has 3 heterocycles. The van der Waals surface area contributed by atoms with E-state index in [1.807, 2.05) is 12.1 Å². The van der Waals surface area contributed by atoms with Crippen LogP contribution in [0.25, 0.3) is 11.3 Å². The monoisotopic (exact) mass is 494 g/mol. The zero-order chi connectivity index (χ0) is 25.2. The maximum Gasteiger partial charge on any atom is 0.414 e. The lowest BCUT2D eigenvalue weighted by Crippen LogP contribution is -2.39. The molecule has 1 amide bonds. The van der Waals surface area contributed by atoms with Crippen LogP contribution >= 0.6 is 0 Å². The number of fused-ring (bicyclic) bond motifs is 1. The van der Waals surface area contributed by atoms with Gasteiger partial charge in [0.15, 0.2) is 0 Å².